The van der Waals surface area contributed by atoms with E-state index in [2.05, 4.69) is 67.8 Å². The number of aliphatic hydroxyl groups is 2. The molecule has 3 N–H and O–H groups in total. The van der Waals surface area contributed by atoms with Crippen molar-refractivity contribution in [3.05, 3.63) is 48.6 Å². The highest BCUT2D eigenvalue weighted by atomic mass is 16.5. The van der Waals surface area contributed by atoms with Crippen LogP contribution in [0.4, 0.5) is 0 Å². The van der Waals surface area contributed by atoms with Crippen LogP contribution in [-0.4, -0.2) is 47.4 Å². The normalized spacial score (nSPS) is 13.0. The van der Waals surface area contributed by atoms with Gasteiger partial charge in [0.2, 0.25) is 5.91 Å². The van der Waals surface area contributed by atoms with E-state index in [1.54, 1.807) is 0 Å². The molecule has 2 unspecified atom stereocenters. The summed E-state index contributed by atoms with van der Waals surface area (Å²) >= 11 is 0. The summed E-state index contributed by atoms with van der Waals surface area (Å²) in [6.07, 6.45) is 68.3. The molecule has 2 atom stereocenters. The Bertz CT molecular complexity index is 1100. The predicted molar refractivity (Wildman–Crippen MR) is 282 cm³/mol. The number of hydrogen-bond donors (Lipinski definition) is 3. The van der Waals surface area contributed by atoms with Crippen LogP contribution in [0.15, 0.2) is 48.6 Å². The molecule has 0 aliphatic heterocycles. The number of ether oxygens (including phenoxy) is 1. The molecule has 0 saturated heterocycles. The fraction of sp³-hybridized carbons (Fsp3) is 0.831. The lowest BCUT2D eigenvalue weighted by Gasteiger charge is -2.22. The molecule has 0 bridgehead atoms. The smallest absolute Gasteiger partial charge is 0.305 e. The van der Waals surface area contributed by atoms with Gasteiger partial charge in [0, 0.05) is 12.8 Å². The number of hydrogen-bond acceptors (Lipinski definition) is 5. The minimum Gasteiger partial charge on any atom is -0.465 e. The maximum atomic E-state index is 12.4. The number of rotatable bonds is 52. The molecule has 0 aromatic heterocycles. The topological polar surface area (TPSA) is 95.9 Å². The van der Waals surface area contributed by atoms with Gasteiger partial charge < -0.3 is 20.3 Å². The van der Waals surface area contributed by atoms with Gasteiger partial charge in [-0.2, -0.15) is 0 Å². The van der Waals surface area contributed by atoms with Gasteiger partial charge >= 0.3 is 5.97 Å². The summed E-state index contributed by atoms with van der Waals surface area (Å²) in [6.45, 7) is 4.80. The standard InChI is InChI=1S/C59H109NO5/c1-3-5-7-9-11-13-15-16-17-23-27-30-33-37-41-45-49-53-59(64)65-54-50-46-42-38-34-31-28-25-22-20-18-19-21-24-26-29-32-36-40-44-48-52-58(63)60-56(55-61)57(62)51-47-43-39-35-14-12-10-8-6-4-2/h11,13,16-17,31,34,42,46,56-57,61-62H,3-10,12,14-15,18-30,32-33,35-41,43-45,47-55H2,1-2H3,(H,60,63)/b13-11-,17-16-,34-31-,46-42-. The third-order valence-electron chi connectivity index (χ3n) is 12.9. The van der Waals surface area contributed by atoms with Crippen LogP contribution in [0.2, 0.25) is 0 Å². The number of carbonyl (C=O) groups is 2. The van der Waals surface area contributed by atoms with Crippen LogP contribution in [0.25, 0.3) is 0 Å². The molecule has 0 heterocycles. The van der Waals surface area contributed by atoms with E-state index in [1.165, 1.54) is 199 Å². The molecule has 380 valence electrons. The van der Waals surface area contributed by atoms with Crippen LogP contribution in [0, 0.1) is 0 Å². The quantitative estimate of drug-likeness (QED) is 0.0321. The van der Waals surface area contributed by atoms with Gasteiger partial charge in [-0.1, -0.05) is 249 Å². The Kier molecular flexibility index (Phi) is 52.6. The lowest BCUT2D eigenvalue weighted by atomic mass is 10.0. The molecule has 1 amide bonds. The van der Waals surface area contributed by atoms with Crippen LogP contribution < -0.4 is 5.32 Å². The van der Waals surface area contributed by atoms with Crippen molar-refractivity contribution >= 4 is 11.9 Å². The average Bonchev–Trinajstić information content (AvgIpc) is 3.31. The van der Waals surface area contributed by atoms with Crippen molar-refractivity contribution in [3.8, 4) is 0 Å². The predicted octanol–water partition coefficient (Wildman–Crippen LogP) is 17.4. The Balaban J connectivity index is 3.45. The molecule has 0 aromatic carbocycles. The van der Waals surface area contributed by atoms with E-state index in [0.717, 1.165) is 57.8 Å². The summed E-state index contributed by atoms with van der Waals surface area (Å²) in [5, 5.41) is 23.1. The Morgan fingerprint density at radius 2 is 0.769 bits per heavy atom. The van der Waals surface area contributed by atoms with Crippen molar-refractivity contribution in [1.29, 1.82) is 0 Å². The second-order valence-corrected chi connectivity index (χ2v) is 19.3. The summed E-state index contributed by atoms with van der Waals surface area (Å²) < 4.78 is 5.42. The summed E-state index contributed by atoms with van der Waals surface area (Å²) in [7, 11) is 0. The molecule has 6 heteroatoms. The molecule has 0 fully saturated rings. The zero-order valence-corrected chi connectivity index (χ0v) is 43.2. The molecule has 0 saturated carbocycles. The highest BCUT2D eigenvalue weighted by molar-refractivity contribution is 5.76. The van der Waals surface area contributed by atoms with E-state index in [4.69, 9.17) is 4.74 Å². The van der Waals surface area contributed by atoms with Crippen molar-refractivity contribution in [2.75, 3.05) is 13.2 Å². The minimum atomic E-state index is -0.666. The Morgan fingerprint density at radius 3 is 1.20 bits per heavy atom. The van der Waals surface area contributed by atoms with Crippen molar-refractivity contribution in [1.82, 2.24) is 5.32 Å². The van der Waals surface area contributed by atoms with Gasteiger partial charge in [0.05, 0.1) is 25.4 Å². The van der Waals surface area contributed by atoms with Gasteiger partial charge in [0.1, 0.15) is 0 Å². The number of aliphatic hydroxyl groups excluding tert-OH is 2. The molecule has 65 heavy (non-hydrogen) atoms. The third-order valence-corrected chi connectivity index (χ3v) is 12.9. The van der Waals surface area contributed by atoms with Crippen LogP contribution in [0.3, 0.4) is 0 Å². The van der Waals surface area contributed by atoms with E-state index in [-0.39, 0.29) is 18.5 Å². The zero-order chi connectivity index (χ0) is 47.2. The van der Waals surface area contributed by atoms with Gasteiger partial charge in [0.15, 0.2) is 0 Å². The number of esters is 1. The molecular weight excluding hydrogens is 803 g/mol. The molecule has 0 rings (SSSR count). The van der Waals surface area contributed by atoms with E-state index in [1.807, 2.05) is 0 Å². The molecule has 0 aliphatic carbocycles. The molecule has 0 spiro atoms. The Morgan fingerprint density at radius 1 is 0.431 bits per heavy atom. The fourth-order valence-electron chi connectivity index (χ4n) is 8.51. The number of amides is 1. The van der Waals surface area contributed by atoms with E-state index < -0.39 is 12.1 Å². The van der Waals surface area contributed by atoms with Gasteiger partial charge in [-0.05, 0) is 77.0 Å². The van der Waals surface area contributed by atoms with E-state index in [0.29, 0.717) is 25.9 Å². The zero-order valence-electron chi connectivity index (χ0n) is 43.2. The highest BCUT2D eigenvalue weighted by Gasteiger charge is 2.20. The third kappa shape index (κ3) is 51.1. The molecule has 0 aliphatic rings. The SMILES string of the molecule is CCCCC/C=C\C/C=C\CCCCCCCCCC(=O)OCC/C=C\C/C=C\CCCCCCCCCCCCCCCCC(=O)NC(CO)C(O)CCCCCCCCCCCC. The molecule has 0 aromatic rings. The maximum absolute atomic E-state index is 12.4. The lowest BCUT2D eigenvalue weighted by Crippen LogP contribution is -2.45. The van der Waals surface area contributed by atoms with Crippen molar-refractivity contribution in [3.63, 3.8) is 0 Å². The molecule has 6 nitrogen and oxygen atoms in total. The van der Waals surface area contributed by atoms with Crippen LogP contribution in [0.1, 0.15) is 290 Å². The molecule has 0 radical (unpaired) electrons. The average molecular weight is 913 g/mol. The number of nitrogens with one attached hydrogen (secondary N) is 1. The fourth-order valence-corrected chi connectivity index (χ4v) is 8.51. The second-order valence-electron chi connectivity index (χ2n) is 19.3. The summed E-state index contributed by atoms with van der Waals surface area (Å²) in [4.78, 5) is 24.4. The number of allylic oxidation sites excluding steroid dienone is 7. The first-order valence-electron chi connectivity index (χ1n) is 28.4. The van der Waals surface area contributed by atoms with E-state index in [9.17, 15) is 19.8 Å². The number of carbonyl (C=O) groups excluding carboxylic acids is 2. The van der Waals surface area contributed by atoms with Crippen LogP contribution >= 0.6 is 0 Å². The summed E-state index contributed by atoms with van der Waals surface area (Å²) in [5.41, 5.74) is 0. The number of unbranched alkanes of at least 4 members (excludes halogenated alkanes) is 33. The highest BCUT2D eigenvalue weighted by Crippen LogP contribution is 2.16. The first kappa shape index (κ1) is 62.8. The summed E-state index contributed by atoms with van der Waals surface area (Å²) in [6, 6.07) is -0.544. The largest absolute Gasteiger partial charge is 0.465 e. The summed E-state index contributed by atoms with van der Waals surface area (Å²) in [5.74, 6) is -0.0858. The van der Waals surface area contributed by atoms with Gasteiger partial charge in [0.25, 0.3) is 0 Å². The lowest BCUT2D eigenvalue weighted by molar-refractivity contribution is -0.143. The van der Waals surface area contributed by atoms with Gasteiger partial charge in [-0.3, -0.25) is 9.59 Å². The maximum Gasteiger partial charge on any atom is 0.305 e. The van der Waals surface area contributed by atoms with Crippen LogP contribution in [-0.2, 0) is 14.3 Å². The van der Waals surface area contributed by atoms with Crippen molar-refractivity contribution < 1.29 is 24.5 Å². The van der Waals surface area contributed by atoms with Crippen molar-refractivity contribution in [2.24, 2.45) is 0 Å². The molecular formula is C59H109NO5. The Labute approximate surface area is 404 Å². The van der Waals surface area contributed by atoms with Gasteiger partial charge in [-0.25, -0.2) is 0 Å². The van der Waals surface area contributed by atoms with Gasteiger partial charge in [-0.15, -0.1) is 0 Å². The second kappa shape index (κ2) is 54.4. The van der Waals surface area contributed by atoms with Crippen molar-refractivity contribution in [2.45, 2.75) is 302 Å². The van der Waals surface area contributed by atoms with E-state index >= 15 is 0 Å². The Hall–Kier alpha value is -2.18. The first-order chi connectivity index (χ1) is 32.0. The monoisotopic (exact) mass is 912 g/mol. The van der Waals surface area contributed by atoms with Crippen LogP contribution in [0.5, 0.6) is 0 Å². The minimum absolute atomic E-state index is 0.0422. The first-order valence-corrected chi connectivity index (χ1v) is 28.4.